The van der Waals surface area contributed by atoms with Crippen LogP contribution in [-0.4, -0.2) is 29.9 Å². The molecule has 3 nitrogen and oxygen atoms in total. The van der Waals surface area contributed by atoms with E-state index < -0.39 is 0 Å². The molecular weight excluding hydrogens is 236 g/mol. The van der Waals surface area contributed by atoms with E-state index in [9.17, 15) is 4.79 Å². The van der Waals surface area contributed by atoms with Gasteiger partial charge in [0.25, 0.3) is 0 Å². The Morgan fingerprint density at radius 1 is 1.42 bits per heavy atom. The maximum absolute atomic E-state index is 12.4. The lowest BCUT2D eigenvalue weighted by Crippen LogP contribution is -2.47. The lowest BCUT2D eigenvalue weighted by molar-refractivity contribution is -0.134. The third-order valence-corrected chi connectivity index (χ3v) is 4.07. The van der Waals surface area contributed by atoms with Gasteiger partial charge in [0.05, 0.1) is 6.42 Å². The molecule has 0 saturated carbocycles. The number of carbonyl (C=O) groups is 1. The molecule has 2 N–H and O–H groups in total. The minimum absolute atomic E-state index is 0.233. The lowest BCUT2D eigenvalue weighted by atomic mass is 9.93. The average molecular weight is 260 g/mol. The summed E-state index contributed by atoms with van der Waals surface area (Å²) in [4.78, 5) is 14.5. The van der Waals surface area contributed by atoms with Crippen molar-refractivity contribution in [2.75, 3.05) is 13.1 Å². The quantitative estimate of drug-likeness (QED) is 0.905. The fourth-order valence-electron chi connectivity index (χ4n) is 2.82. The van der Waals surface area contributed by atoms with Gasteiger partial charge in [-0.3, -0.25) is 4.79 Å². The zero-order valence-electron chi connectivity index (χ0n) is 11.9. The Balaban J connectivity index is 2.02. The van der Waals surface area contributed by atoms with Crippen LogP contribution >= 0.6 is 0 Å². The van der Waals surface area contributed by atoms with Gasteiger partial charge in [-0.25, -0.2) is 0 Å². The predicted molar refractivity (Wildman–Crippen MR) is 77.8 cm³/mol. The first kappa shape index (κ1) is 14.1. The molecule has 0 aliphatic carbocycles. The third kappa shape index (κ3) is 3.57. The number of amides is 1. The molecule has 2 atom stereocenters. The fraction of sp³-hybridized carbons (Fsp3) is 0.562. The van der Waals surface area contributed by atoms with E-state index >= 15 is 0 Å². The minimum atomic E-state index is 0.233. The van der Waals surface area contributed by atoms with Crippen LogP contribution in [0.3, 0.4) is 0 Å². The van der Waals surface area contributed by atoms with Gasteiger partial charge in [-0.2, -0.15) is 0 Å². The van der Waals surface area contributed by atoms with Crippen molar-refractivity contribution in [2.45, 2.75) is 39.2 Å². The number of nitrogens with two attached hydrogens (primary N) is 1. The molecule has 1 aromatic rings. The van der Waals surface area contributed by atoms with Gasteiger partial charge in [0.1, 0.15) is 0 Å². The normalized spacial score (nSPS) is 23.4. The third-order valence-electron chi connectivity index (χ3n) is 4.07. The summed E-state index contributed by atoms with van der Waals surface area (Å²) in [7, 11) is 0. The number of likely N-dealkylation sites (tertiary alicyclic amines) is 1. The molecule has 1 heterocycles. The standard InChI is InChI=1S/C16H24N2O/c1-12-4-3-5-14(8-12)9-16(19)18-11-15(10-17)7-6-13(18)2/h3-5,8,13,15H,6-7,9-11,17H2,1-2H3. The smallest absolute Gasteiger partial charge is 0.227 e. The van der Waals surface area contributed by atoms with Crippen molar-refractivity contribution in [1.82, 2.24) is 4.90 Å². The molecule has 19 heavy (non-hydrogen) atoms. The second-order valence-electron chi connectivity index (χ2n) is 5.74. The highest BCUT2D eigenvalue weighted by atomic mass is 16.2. The molecule has 104 valence electrons. The number of nitrogens with zero attached hydrogens (tertiary/aromatic N) is 1. The monoisotopic (exact) mass is 260 g/mol. The SMILES string of the molecule is Cc1cccc(CC(=O)N2CC(CN)CCC2C)c1. The van der Waals surface area contributed by atoms with E-state index in [1.54, 1.807) is 0 Å². The van der Waals surface area contributed by atoms with Crippen molar-refractivity contribution >= 4 is 5.91 Å². The second kappa shape index (κ2) is 6.20. The van der Waals surface area contributed by atoms with Crippen LogP contribution in [0, 0.1) is 12.8 Å². The molecule has 0 radical (unpaired) electrons. The number of aryl methyl sites for hydroxylation is 1. The van der Waals surface area contributed by atoms with Gasteiger partial charge >= 0.3 is 0 Å². The van der Waals surface area contributed by atoms with Crippen molar-refractivity contribution in [1.29, 1.82) is 0 Å². The van der Waals surface area contributed by atoms with E-state index in [0.29, 0.717) is 24.9 Å². The van der Waals surface area contributed by atoms with Crippen LogP contribution < -0.4 is 5.73 Å². The van der Waals surface area contributed by atoms with Crippen LogP contribution in [0.1, 0.15) is 30.9 Å². The molecule has 1 aliphatic rings. The minimum Gasteiger partial charge on any atom is -0.339 e. The highest BCUT2D eigenvalue weighted by molar-refractivity contribution is 5.79. The van der Waals surface area contributed by atoms with Crippen LogP contribution in [0.15, 0.2) is 24.3 Å². The first-order valence-corrected chi connectivity index (χ1v) is 7.15. The van der Waals surface area contributed by atoms with Crippen LogP contribution in [0.25, 0.3) is 0 Å². The largest absolute Gasteiger partial charge is 0.339 e. The lowest BCUT2D eigenvalue weighted by Gasteiger charge is -2.37. The first-order chi connectivity index (χ1) is 9.10. The molecule has 1 aliphatic heterocycles. The topological polar surface area (TPSA) is 46.3 Å². The van der Waals surface area contributed by atoms with Gasteiger partial charge < -0.3 is 10.6 Å². The average Bonchev–Trinajstić information content (AvgIpc) is 2.39. The molecule has 1 aromatic carbocycles. The number of rotatable bonds is 3. The summed E-state index contributed by atoms with van der Waals surface area (Å²) in [6.07, 6.45) is 2.72. The molecule has 3 heteroatoms. The zero-order chi connectivity index (χ0) is 13.8. The summed E-state index contributed by atoms with van der Waals surface area (Å²) in [5.41, 5.74) is 8.05. The molecular formula is C16H24N2O. The molecule has 0 spiro atoms. The van der Waals surface area contributed by atoms with Gasteiger partial charge in [0.15, 0.2) is 0 Å². The number of hydrogen-bond acceptors (Lipinski definition) is 2. The van der Waals surface area contributed by atoms with Gasteiger partial charge in [0, 0.05) is 12.6 Å². The van der Waals surface area contributed by atoms with Crippen molar-refractivity contribution in [3.8, 4) is 0 Å². The second-order valence-corrected chi connectivity index (χ2v) is 5.74. The summed E-state index contributed by atoms with van der Waals surface area (Å²) in [5, 5.41) is 0. The maximum atomic E-state index is 12.4. The summed E-state index contributed by atoms with van der Waals surface area (Å²) >= 11 is 0. The van der Waals surface area contributed by atoms with E-state index in [-0.39, 0.29) is 5.91 Å². The highest BCUT2D eigenvalue weighted by Crippen LogP contribution is 2.22. The van der Waals surface area contributed by atoms with Gasteiger partial charge in [-0.15, -0.1) is 0 Å². The Morgan fingerprint density at radius 2 is 2.21 bits per heavy atom. The Labute approximate surface area is 115 Å². The van der Waals surface area contributed by atoms with Crippen LogP contribution in [0.4, 0.5) is 0 Å². The molecule has 2 rings (SSSR count). The maximum Gasteiger partial charge on any atom is 0.227 e. The van der Waals surface area contributed by atoms with Crippen molar-refractivity contribution in [2.24, 2.45) is 11.7 Å². The number of hydrogen-bond donors (Lipinski definition) is 1. The number of benzene rings is 1. The number of piperidine rings is 1. The van der Waals surface area contributed by atoms with E-state index in [4.69, 9.17) is 5.73 Å². The van der Waals surface area contributed by atoms with E-state index in [0.717, 1.165) is 24.9 Å². The van der Waals surface area contributed by atoms with Crippen molar-refractivity contribution in [3.63, 3.8) is 0 Å². The van der Waals surface area contributed by atoms with Crippen molar-refractivity contribution < 1.29 is 4.79 Å². The first-order valence-electron chi connectivity index (χ1n) is 7.15. The Hall–Kier alpha value is -1.35. The van der Waals surface area contributed by atoms with Crippen LogP contribution in [0.2, 0.25) is 0 Å². The van der Waals surface area contributed by atoms with E-state index in [1.165, 1.54) is 5.56 Å². The van der Waals surface area contributed by atoms with Gasteiger partial charge in [-0.05, 0) is 44.7 Å². The molecule has 1 saturated heterocycles. The fourth-order valence-corrected chi connectivity index (χ4v) is 2.82. The summed E-state index contributed by atoms with van der Waals surface area (Å²) in [6.45, 7) is 5.70. The molecule has 0 bridgehead atoms. The van der Waals surface area contributed by atoms with Gasteiger partial charge in [0.2, 0.25) is 5.91 Å². The summed E-state index contributed by atoms with van der Waals surface area (Å²) in [5.74, 6) is 0.703. The Morgan fingerprint density at radius 3 is 2.89 bits per heavy atom. The van der Waals surface area contributed by atoms with Crippen LogP contribution in [0.5, 0.6) is 0 Å². The highest BCUT2D eigenvalue weighted by Gasteiger charge is 2.28. The molecule has 0 aromatic heterocycles. The predicted octanol–water partition coefficient (Wildman–Crippen LogP) is 2.12. The van der Waals surface area contributed by atoms with E-state index in [2.05, 4.69) is 26.0 Å². The molecule has 1 fully saturated rings. The Kier molecular flexibility index (Phi) is 4.59. The molecule has 1 amide bonds. The zero-order valence-corrected chi connectivity index (χ0v) is 11.9. The van der Waals surface area contributed by atoms with Gasteiger partial charge in [-0.1, -0.05) is 29.8 Å². The van der Waals surface area contributed by atoms with Crippen LogP contribution in [-0.2, 0) is 11.2 Å². The Bertz CT molecular complexity index is 444. The van der Waals surface area contributed by atoms with E-state index in [1.807, 2.05) is 17.0 Å². The molecule has 2 unspecified atom stereocenters. The van der Waals surface area contributed by atoms with Crippen molar-refractivity contribution in [3.05, 3.63) is 35.4 Å². The summed E-state index contributed by atoms with van der Waals surface area (Å²) < 4.78 is 0. The number of carbonyl (C=O) groups excluding carboxylic acids is 1. The summed E-state index contributed by atoms with van der Waals surface area (Å²) in [6, 6.07) is 8.54.